The van der Waals surface area contributed by atoms with Crippen molar-refractivity contribution < 1.29 is 27.7 Å². The first-order valence-corrected chi connectivity index (χ1v) is 16.0. The van der Waals surface area contributed by atoms with Gasteiger partial charge in [-0.15, -0.1) is 10.2 Å². The molecule has 0 aliphatic carbocycles. The number of ether oxygens (including phenoxy) is 1. The molecule has 12 heteroatoms. The molecule has 2 heterocycles. The minimum Gasteiger partial charge on any atom is -0.614 e. The summed E-state index contributed by atoms with van der Waals surface area (Å²) in [6, 6.07) is -1.09. The van der Waals surface area contributed by atoms with Crippen LogP contribution in [0.15, 0.2) is 10.8 Å². The lowest BCUT2D eigenvalue weighted by atomic mass is 10.1. The monoisotopic (exact) mass is 516 g/mol. The van der Waals surface area contributed by atoms with Crippen molar-refractivity contribution >= 4 is 31.5 Å². The van der Waals surface area contributed by atoms with Crippen molar-refractivity contribution in [1.29, 1.82) is 0 Å². The van der Waals surface area contributed by atoms with Gasteiger partial charge in [0.1, 0.15) is 11.6 Å². The van der Waals surface area contributed by atoms with Gasteiger partial charge < -0.3 is 23.4 Å². The maximum absolute atomic E-state index is 13.8. The minimum absolute atomic E-state index is 0.0447. The van der Waals surface area contributed by atoms with E-state index in [9.17, 15) is 14.1 Å². The maximum atomic E-state index is 13.8. The molecule has 4 atom stereocenters. The lowest BCUT2D eigenvalue weighted by molar-refractivity contribution is -0.129. The number of nitrogens with one attached hydrogen (secondary N) is 1. The second kappa shape index (κ2) is 10.2. The molecule has 1 aliphatic rings. The molecule has 0 spiro atoms. The lowest BCUT2D eigenvalue weighted by Crippen LogP contribution is -2.64. The average molecular weight is 517 g/mol. The smallest absolute Gasteiger partial charge is 0.415 e. The molecule has 1 N–H and O–H groups in total. The summed E-state index contributed by atoms with van der Waals surface area (Å²) in [4.78, 5) is 26.6. The number of hydrogen-bond acceptors (Lipinski definition) is 8. The molecule has 1 aliphatic heterocycles. The molecular weight excluding hydrogens is 476 g/mol. The number of nitrogens with zero attached hydrogens (tertiary/aromatic N) is 3. The first-order chi connectivity index (χ1) is 15.4. The van der Waals surface area contributed by atoms with Crippen molar-refractivity contribution in [2.45, 2.75) is 102 Å². The van der Waals surface area contributed by atoms with E-state index in [0.29, 0.717) is 6.42 Å². The highest BCUT2D eigenvalue weighted by Crippen LogP contribution is 2.40. The fourth-order valence-corrected chi connectivity index (χ4v) is 5.84. The van der Waals surface area contributed by atoms with Crippen LogP contribution < -0.4 is 5.32 Å². The summed E-state index contributed by atoms with van der Waals surface area (Å²) in [6.07, 6.45) is 2.69. The predicted octanol–water partition coefficient (Wildman–Crippen LogP) is 3.74. The molecule has 0 radical (unpaired) electrons. The SMILES string of the molecule is CC1CCC(C(=O)N[C@@H](CO[Si](C)(C)C(C)(C)C)c2nnco2)([S+](C)[O-])N1C(=O)OC(C)(C)C. The zero-order chi connectivity index (χ0) is 26.1. The van der Waals surface area contributed by atoms with E-state index in [1.54, 1.807) is 20.8 Å². The molecule has 0 aromatic carbocycles. The number of hydrogen-bond donors (Lipinski definition) is 1. The average Bonchev–Trinajstić information content (AvgIpc) is 3.31. The Kier molecular flexibility index (Phi) is 8.54. The van der Waals surface area contributed by atoms with E-state index in [4.69, 9.17) is 13.6 Å². The van der Waals surface area contributed by atoms with Crippen LogP contribution in [0, 0.1) is 0 Å². The van der Waals surface area contributed by atoms with E-state index in [1.807, 2.05) is 6.92 Å². The Bertz CT molecular complexity index is 853. The highest BCUT2D eigenvalue weighted by Gasteiger charge is 2.62. The first-order valence-electron chi connectivity index (χ1n) is 11.5. The fourth-order valence-electron chi connectivity index (χ4n) is 3.57. The van der Waals surface area contributed by atoms with Gasteiger partial charge in [0.25, 0.3) is 10.8 Å². The van der Waals surface area contributed by atoms with Crippen molar-refractivity contribution in [2.24, 2.45) is 0 Å². The van der Waals surface area contributed by atoms with Crippen LogP contribution in [0.5, 0.6) is 0 Å². The van der Waals surface area contributed by atoms with Gasteiger partial charge in [0.2, 0.25) is 12.3 Å². The summed E-state index contributed by atoms with van der Waals surface area (Å²) in [6.45, 7) is 17.7. The predicted molar refractivity (Wildman–Crippen MR) is 132 cm³/mol. The third-order valence-corrected chi connectivity index (χ3v) is 12.6. The highest BCUT2D eigenvalue weighted by atomic mass is 32.2. The van der Waals surface area contributed by atoms with Gasteiger partial charge >= 0.3 is 6.09 Å². The Balaban J connectivity index is 2.36. The molecule has 3 unspecified atom stereocenters. The highest BCUT2D eigenvalue weighted by molar-refractivity contribution is 7.92. The van der Waals surface area contributed by atoms with Crippen molar-refractivity contribution in [3.8, 4) is 0 Å². The number of rotatable bonds is 7. The van der Waals surface area contributed by atoms with Crippen LogP contribution in [0.3, 0.4) is 0 Å². The third kappa shape index (κ3) is 6.13. The van der Waals surface area contributed by atoms with Gasteiger partial charge in [0.15, 0.2) is 8.32 Å². The van der Waals surface area contributed by atoms with Crippen LogP contribution in [-0.2, 0) is 25.1 Å². The molecular formula is C22H40N4O6SSi. The molecule has 1 fully saturated rings. The summed E-state index contributed by atoms with van der Waals surface area (Å²) >= 11 is -1.71. The Morgan fingerprint density at radius 3 is 2.44 bits per heavy atom. The van der Waals surface area contributed by atoms with Crippen molar-refractivity contribution in [3.63, 3.8) is 0 Å². The van der Waals surface area contributed by atoms with Gasteiger partial charge in [-0.25, -0.2) is 9.69 Å². The van der Waals surface area contributed by atoms with E-state index in [1.165, 1.54) is 17.5 Å². The molecule has 0 saturated carbocycles. The van der Waals surface area contributed by atoms with Crippen LogP contribution in [0.1, 0.15) is 73.2 Å². The molecule has 1 aromatic heterocycles. The van der Waals surface area contributed by atoms with Crippen molar-refractivity contribution in [3.05, 3.63) is 12.3 Å². The molecule has 2 rings (SSSR count). The zero-order valence-electron chi connectivity index (χ0n) is 22.1. The van der Waals surface area contributed by atoms with Gasteiger partial charge in [-0.3, -0.25) is 4.79 Å². The summed E-state index contributed by atoms with van der Waals surface area (Å²) in [7, 11) is -2.16. The summed E-state index contributed by atoms with van der Waals surface area (Å²) in [5.41, 5.74) is -0.764. The van der Waals surface area contributed by atoms with E-state index in [0.717, 1.165) is 0 Å². The number of carbonyl (C=O) groups is 2. The molecule has 0 bridgehead atoms. The molecule has 34 heavy (non-hydrogen) atoms. The Morgan fingerprint density at radius 2 is 1.97 bits per heavy atom. The van der Waals surface area contributed by atoms with Gasteiger partial charge in [-0.2, -0.15) is 0 Å². The minimum atomic E-state index is -2.16. The van der Waals surface area contributed by atoms with Crippen molar-refractivity contribution in [2.75, 3.05) is 12.9 Å². The molecule has 194 valence electrons. The van der Waals surface area contributed by atoms with Crippen LogP contribution in [0.2, 0.25) is 18.1 Å². The van der Waals surface area contributed by atoms with E-state index in [2.05, 4.69) is 49.4 Å². The van der Waals surface area contributed by atoms with Gasteiger partial charge in [0, 0.05) is 12.5 Å². The van der Waals surface area contributed by atoms with Crippen LogP contribution in [0.25, 0.3) is 0 Å². The number of amides is 2. The molecule has 1 aromatic rings. The summed E-state index contributed by atoms with van der Waals surface area (Å²) in [5, 5.41) is 10.6. The number of aromatic nitrogens is 2. The standard InChI is InChI=1S/C22H40N4O6SSi/c1-15-11-12-22(33(8)29,26(15)19(28)32-20(2,3)4)18(27)24-16(17-25-23-14-30-17)13-31-34(9,10)21(5,6)7/h14-16H,11-13H2,1-10H3,(H,24,27)/t15?,16-,22?,33?/m0/s1. The Hall–Kier alpha value is -1.63. The quantitative estimate of drug-likeness (QED) is 0.428. The van der Waals surface area contributed by atoms with Gasteiger partial charge in [-0.05, 0) is 63.4 Å². The Morgan fingerprint density at radius 1 is 1.35 bits per heavy atom. The third-order valence-electron chi connectivity index (χ3n) is 6.55. The number of carbonyl (C=O) groups excluding carboxylic acids is 2. The second-order valence-electron chi connectivity index (χ2n) is 11.4. The maximum Gasteiger partial charge on any atom is 0.415 e. The largest absolute Gasteiger partial charge is 0.614 e. The topological polar surface area (TPSA) is 130 Å². The van der Waals surface area contributed by atoms with Crippen LogP contribution in [-0.4, -0.2) is 69.3 Å². The Labute approximate surface area is 206 Å². The van der Waals surface area contributed by atoms with Crippen molar-refractivity contribution in [1.82, 2.24) is 20.4 Å². The zero-order valence-corrected chi connectivity index (χ0v) is 23.9. The summed E-state index contributed by atoms with van der Waals surface area (Å²) < 4.78 is 30.3. The van der Waals surface area contributed by atoms with E-state index in [-0.39, 0.29) is 30.0 Å². The lowest BCUT2D eigenvalue weighted by Gasteiger charge is -2.40. The first kappa shape index (κ1) is 28.6. The van der Waals surface area contributed by atoms with Gasteiger partial charge in [-0.1, -0.05) is 20.8 Å². The molecule has 10 nitrogen and oxygen atoms in total. The second-order valence-corrected chi connectivity index (χ2v) is 17.7. The van der Waals surface area contributed by atoms with Crippen LogP contribution >= 0.6 is 0 Å². The normalized spacial score (nSPS) is 23.5. The van der Waals surface area contributed by atoms with Gasteiger partial charge in [0.05, 0.1) is 12.9 Å². The fraction of sp³-hybridized carbons (Fsp3) is 0.818. The molecule has 2 amide bonds. The van der Waals surface area contributed by atoms with E-state index >= 15 is 0 Å². The van der Waals surface area contributed by atoms with Crippen LogP contribution in [0.4, 0.5) is 4.79 Å². The summed E-state index contributed by atoms with van der Waals surface area (Å²) in [5.74, 6) is -0.385. The van der Waals surface area contributed by atoms with E-state index < -0.39 is 48.0 Å². The number of likely N-dealkylation sites (tertiary alicyclic amines) is 1. The molecule has 1 saturated heterocycles.